The Kier molecular flexibility index (Phi) is 6.72. The lowest BCUT2D eigenvalue weighted by Gasteiger charge is -2.37. The number of halogens is 3. The second kappa shape index (κ2) is 7.76. The van der Waals surface area contributed by atoms with Gasteiger partial charge in [0.15, 0.2) is 6.17 Å². The highest BCUT2D eigenvalue weighted by molar-refractivity contribution is 7.90. The van der Waals surface area contributed by atoms with Crippen molar-refractivity contribution in [3.63, 3.8) is 0 Å². The summed E-state index contributed by atoms with van der Waals surface area (Å²) in [5, 5.41) is 8.64. The zero-order valence-electron chi connectivity index (χ0n) is 14.0. The first-order chi connectivity index (χ1) is 10.9. The zero-order chi connectivity index (χ0) is 18.7. The molecule has 0 aliphatic rings. The molecular weight excluding hydrogens is 343 g/mol. The van der Waals surface area contributed by atoms with Gasteiger partial charge in [-0.05, 0) is 33.8 Å². The largest absolute Gasteiger partial charge is 0.598 e. The Balaban J connectivity index is 3.25. The molecule has 0 bridgehead atoms. The maximum Gasteiger partial charge on any atom is 0.338 e. The highest BCUT2D eigenvalue weighted by atomic mass is 32.2. The first-order valence-corrected chi connectivity index (χ1v) is 8.50. The van der Waals surface area contributed by atoms with Gasteiger partial charge in [0.1, 0.15) is 22.3 Å². The van der Waals surface area contributed by atoms with Crippen LogP contribution < -0.4 is 4.72 Å². The number of alkyl halides is 2. The molecule has 0 saturated carbocycles. The van der Waals surface area contributed by atoms with E-state index in [1.165, 1.54) is 25.1 Å². The van der Waals surface area contributed by atoms with Crippen LogP contribution in [0.1, 0.15) is 39.7 Å². The molecule has 24 heavy (non-hydrogen) atoms. The molecule has 4 nitrogen and oxygen atoms in total. The van der Waals surface area contributed by atoms with E-state index < -0.39 is 52.2 Å². The predicted octanol–water partition coefficient (Wildman–Crippen LogP) is 3.24. The van der Waals surface area contributed by atoms with Gasteiger partial charge in [0, 0.05) is 23.3 Å². The summed E-state index contributed by atoms with van der Waals surface area (Å²) in [4.78, 5) is 10.7. The van der Waals surface area contributed by atoms with Crippen molar-refractivity contribution < 1.29 is 27.6 Å². The molecule has 2 N–H and O–H groups in total. The first-order valence-electron chi connectivity index (χ1n) is 7.35. The average Bonchev–Trinajstić information content (AvgIpc) is 2.46. The Labute approximate surface area is 142 Å². The molecule has 1 aromatic carbocycles. The molecule has 0 fully saturated rings. The van der Waals surface area contributed by atoms with Crippen LogP contribution in [0.25, 0.3) is 0 Å². The van der Waals surface area contributed by atoms with E-state index in [0.29, 0.717) is 0 Å². The number of hydrogen-bond acceptors (Lipinski definition) is 3. The second-order valence-electron chi connectivity index (χ2n) is 6.67. The molecule has 4 atom stereocenters. The molecule has 0 unspecified atom stereocenters. The van der Waals surface area contributed by atoms with Crippen LogP contribution >= 0.6 is 0 Å². The van der Waals surface area contributed by atoms with E-state index >= 15 is 0 Å². The normalized spacial score (nSPS) is 18.5. The van der Waals surface area contributed by atoms with E-state index in [1.807, 2.05) is 0 Å². The van der Waals surface area contributed by atoms with E-state index in [0.717, 1.165) is 6.07 Å². The van der Waals surface area contributed by atoms with Crippen LogP contribution in [0, 0.1) is 5.82 Å². The third-order valence-electron chi connectivity index (χ3n) is 3.60. The van der Waals surface area contributed by atoms with Crippen LogP contribution in [0.2, 0.25) is 0 Å². The van der Waals surface area contributed by atoms with Crippen molar-refractivity contribution in [3.05, 3.63) is 35.6 Å². The molecule has 1 aromatic rings. The summed E-state index contributed by atoms with van der Waals surface area (Å²) >= 11 is -1.79. The number of aliphatic carboxylic acids is 1. The Morgan fingerprint density at radius 3 is 2.29 bits per heavy atom. The highest BCUT2D eigenvalue weighted by Crippen LogP contribution is 2.34. The fourth-order valence-corrected chi connectivity index (χ4v) is 2.96. The molecule has 0 aromatic heterocycles. The van der Waals surface area contributed by atoms with Gasteiger partial charge in [-0.2, -0.15) is 0 Å². The Morgan fingerprint density at radius 1 is 1.29 bits per heavy atom. The van der Waals surface area contributed by atoms with E-state index in [-0.39, 0.29) is 5.56 Å². The summed E-state index contributed by atoms with van der Waals surface area (Å²) in [6.45, 7) is 6.16. The number of rotatable bonds is 7. The van der Waals surface area contributed by atoms with E-state index in [4.69, 9.17) is 5.11 Å². The molecule has 0 saturated heterocycles. The van der Waals surface area contributed by atoms with Gasteiger partial charge >= 0.3 is 5.97 Å². The van der Waals surface area contributed by atoms with Gasteiger partial charge in [0.05, 0.1) is 0 Å². The van der Waals surface area contributed by atoms with E-state index in [9.17, 15) is 22.5 Å². The number of carbonyl (C=O) groups is 1. The van der Waals surface area contributed by atoms with Gasteiger partial charge in [-0.3, -0.25) is 0 Å². The molecule has 136 valence electrons. The molecule has 0 aliphatic heterocycles. The van der Waals surface area contributed by atoms with Crippen molar-refractivity contribution in [3.8, 4) is 0 Å². The minimum atomic E-state index is -2.45. The van der Waals surface area contributed by atoms with Crippen molar-refractivity contribution in [2.45, 2.75) is 56.7 Å². The number of benzene rings is 1. The Hall–Kier alpha value is -1.25. The molecule has 8 heteroatoms. The van der Waals surface area contributed by atoms with E-state index in [1.54, 1.807) is 20.8 Å². The lowest BCUT2D eigenvalue weighted by molar-refractivity contribution is -0.143. The molecule has 1 rings (SSSR count). The minimum Gasteiger partial charge on any atom is -0.598 e. The second-order valence-corrected chi connectivity index (χ2v) is 8.64. The molecule has 0 spiro atoms. The molecule has 0 heterocycles. The smallest absolute Gasteiger partial charge is 0.338 e. The first kappa shape index (κ1) is 20.8. The van der Waals surface area contributed by atoms with Crippen LogP contribution in [-0.2, 0) is 21.7 Å². The van der Waals surface area contributed by atoms with Crippen molar-refractivity contribution in [1.82, 2.24) is 4.72 Å². The van der Waals surface area contributed by atoms with E-state index in [2.05, 4.69) is 4.72 Å². The standard InChI is InChI=1S/C16H22F3NO3S/c1-15(2,3)24(23)20-16(4,10-7-5-6-8-11(10)17)13(19)9-12(18)14(21)22/h5-8,12-13,20H,9H2,1-4H3,(H,21,22)/t12-,13-,16-,24-/m1/s1. The third-order valence-corrected chi connectivity index (χ3v) is 5.32. The molecule has 0 aliphatic carbocycles. The van der Waals surface area contributed by atoms with Crippen LogP contribution in [0.15, 0.2) is 24.3 Å². The Bertz CT molecular complexity index is 582. The summed E-state index contributed by atoms with van der Waals surface area (Å²) in [5.41, 5.74) is -2.00. The SMILES string of the molecule is CC(C)(C)[S@@+]([O-])N[C@](C)(c1ccccc1F)[C@H](F)C[C@@H](F)C(=O)O. The summed E-state index contributed by atoms with van der Waals surface area (Å²) in [7, 11) is 0. The van der Waals surface area contributed by atoms with Crippen molar-refractivity contribution in [1.29, 1.82) is 0 Å². The van der Waals surface area contributed by atoms with Crippen molar-refractivity contribution in [2.24, 2.45) is 0 Å². The van der Waals surface area contributed by atoms with Gasteiger partial charge in [0.2, 0.25) is 0 Å². The maximum absolute atomic E-state index is 14.8. The van der Waals surface area contributed by atoms with Crippen LogP contribution in [-0.4, -0.2) is 32.7 Å². The summed E-state index contributed by atoms with van der Waals surface area (Å²) in [5.74, 6) is -2.56. The molecular formula is C16H22F3NO3S. The lowest BCUT2D eigenvalue weighted by Crippen LogP contribution is -2.55. The number of carboxylic acid groups (broad SMARTS) is 1. The van der Waals surface area contributed by atoms with Gasteiger partial charge in [0.25, 0.3) is 0 Å². The van der Waals surface area contributed by atoms with Crippen LogP contribution in [0.4, 0.5) is 13.2 Å². The zero-order valence-corrected chi connectivity index (χ0v) is 14.8. The highest BCUT2D eigenvalue weighted by Gasteiger charge is 2.46. The van der Waals surface area contributed by atoms with Crippen LogP contribution in [0.5, 0.6) is 0 Å². The molecule has 0 radical (unpaired) electrons. The van der Waals surface area contributed by atoms with Gasteiger partial charge in [-0.25, -0.2) is 18.0 Å². The third kappa shape index (κ3) is 4.87. The lowest BCUT2D eigenvalue weighted by atomic mass is 9.85. The quantitative estimate of drug-likeness (QED) is 0.728. The average molecular weight is 365 g/mol. The topological polar surface area (TPSA) is 72.4 Å². The number of carboxylic acids is 1. The summed E-state index contributed by atoms with van der Waals surface area (Å²) in [6.07, 6.45) is -5.56. The molecule has 0 amide bonds. The van der Waals surface area contributed by atoms with Crippen molar-refractivity contribution >= 4 is 17.3 Å². The Morgan fingerprint density at radius 2 is 1.83 bits per heavy atom. The van der Waals surface area contributed by atoms with Crippen LogP contribution in [0.3, 0.4) is 0 Å². The predicted molar refractivity (Wildman–Crippen MR) is 86.8 cm³/mol. The fourth-order valence-electron chi connectivity index (χ4n) is 2.03. The number of nitrogens with one attached hydrogen (secondary N) is 1. The summed E-state index contributed by atoms with van der Waals surface area (Å²) in [6, 6.07) is 5.27. The number of hydrogen-bond donors (Lipinski definition) is 2. The van der Waals surface area contributed by atoms with Gasteiger partial charge in [-0.15, -0.1) is 4.72 Å². The summed E-state index contributed by atoms with van der Waals surface area (Å²) < 4.78 is 56.6. The van der Waals surface area contributed by atoms with Gasteiger partial charge < -0.3 is 9.66 Å². The fraction of sp³-hybridized carbons (Fsp3) is 0.562. The maximum atomic E-state index is 14.8. The monoisotopic (exact) mass is 365 g/mol. The minimum absolute atomic E-state index is 0.146. The van der Waals surface area contributed by atoms with Gasteiger partial charge in [-0.1, -0.05) is 18.2 Å². The van der Waals surface area contributed by atoms with Crippen molar-refractivity contribution in [2.75, 3.05) is 0 Å².